The molecular formula is C24H18BrClN2O3. The van der Waals surface area contributed by atoms with Crippen LogP contribution in [-0.4, -0.2) is 13.0 Å². The van der Waals surface area contributed by atoms with Gasteiger partial charge in [0.1, 0.15) is 18.2 Å². The Morgan fingerprint density at radius 2 is 1.90 bits per heavy atom. The average molecular weight is 498 g/mol. The summed E-state index contributed by atoms with van der Waals surface area (Å²) in [6.07, 6.45) is 1.48. The largest absolute Gasteiger partial charge is 0.493 e. The van der Waals surface area contributed by atoms with Crippen molar-refractivity contribution in [3.63, 3.8) is 0 Å². The number of benzene rings is 3. The van der Waals surface area contributed by atoms with Gasteiger partial charge in [0.15, 0.2) is 11.5 Å². The molecule has 0 aliphatic rings. The number of nitrogens with zero attached hydrogens (tertiary/aromatic N) is 1. The number of carbonyl (C=O) groups is 1. The first-order valence-corrected chi connectivity index (χ1v) is 10.4. The van der Waals surface area contributed by atoms with Gasteiger partial charge in [-0.1, -0.05) is 63.9 Å². The van der Waals surface area contributed by atoms with Gasteiger partial charge in [-0.15, -0.1) is 0 Å². The quantitative estimate of drug-likeness (QED) is 0.310. The summed E-state index contributed by atoms with van der Waals surface area (Å²) in [6, 6.07) is 21.9. The number of halogens is 2. The minimum Gasteiger partial charge on any atom is -0.493 e. The molecule has 0 spiro atoms. The van der Waals surface area contributed by atoms with E-state index in [1.54, 1.807) is 36.4 Å². The van der Waals surface area contributed by atoms with Crippen LogP contribution in [0, 0.1) is 11.3 Å². The van der Waals surface area contributed by atoms with Crippen LogP contribution in [0.3, 0.4) is 0 Å². The first kappa shape index (κ1) is 22.4. The Balaban J connectivity index is 1.82. The van der Waals surface area contributed by atoms with Gasteiger partial charge in [-0.25, -0.2) is 0 Å². The second-order valence-corrected chi connectivity index (χ2v) is 7.72. The molecule has 1 amide bonds. The van der Waals surface area contributed by atoms with Crippen LogP contribution in [-0.2, 0) is 11.4 Å². The summed E-state index contributed by atoms with van der Waals surface area (Å²) in [6.45, 7) is 0.379. The van der Waals surface area contributed by atoms with E-state index >= 15 is 0 Å². The maximum Gasteiger partial charge on any atom is 0.266 e. The Bertz CT molecular complexity index is 1160. The maximum atomic E-state index is 12.5. The number of hydrogen-bond donors (Lipinski definition) is 1. The lowest BCUT2D eigenvalue weighted by Gasteiger charge is -2.13. The molecule has 3 aromatic carbocycles. The number of nitrogens with one attached hydrogen (secondary N) is 1. The molecule has 0 atom stereocenters. The fourth-order valence-electron chi connectivity index (χ4n) is 2.74. The van der Waals surface area contributed by atoms with Crippen LogP contribution in [0.5, 0.6) is 11.5 Å². The van der Waals surface area contributed by atoms with Crippen LogP contribution >= 0.6 is 27.5 Å². The Kier molecular flexibility index (Phi) is 7.71. The van der Waals surface area contributed by atoms with Crippen LogP contribution < -0.4 is 14.8 Å². The zero-order chi connectivity index (χ0) is 22.2. The predicted molar refractivity (Wildman–Crippen MR) is 125 cm³/mol. The first-order valence-electron chi connectivity index (χ1n) is 9.23. The monoisotopic (exact) mass is 496 g/mol. The van der Waals surface area contributed by atoms with Gasteiger partial charge in [0.05, 0.1) is 7.11 Å². The smallest absolute Gasteiger partial charge is 0.266 e. The summed E-state index contributed by atoms with van der Waals surface area (Å²) in [4.78, 5) is 12.5. The van der Waals surface area contributed by atoms with Gasteiger partial charge in [-0.3, -0.25) is 4.79 Å². The number of amides is 1. The second kappa shape index (κ2) is 10.7. The topological polar surface area (TPSA) is 71.3 Å². The van der Waals surface area contributed by atoms with E-state index < -0.39 is 5.91 Å². The van der Waals surface area contributed by atoms with E-state index in [1.807, 2.05) is 36.4 Å². The van der Waals surface area contributed by atoms with E-state index in [4.69, 9.17) is 21.1 Å². The molecule has 0 radical (unpaired) electrons. The summed E-state index contributed by atoms with van der Waals surface area (Å²) in [5.41, 5.74) is 2.05. The number of carbonyl (C=O) groups excluding carboxylic acids is 1. The highest BCUT2D eigenvalue weighted by atomic mass is 79.9. The predicted octanol–water partition coefficient (Wildman–Crippen LogP) is 6.24. The van der Waals surface area contributed by atoms with Gasteiger partial charge in [-0.05, 0) is 47.5 Å². The highest BCUT2D eigenvalue weighted by Gasteiger charge is 2.14. The highest BCUT2D eigenvalue weighted by molar-refractivity contribution is 9.10. The fourth-order valence-corrected chi connectivity index (χ4v) is 3.36. The van der Waals surface area contributed by atoms with Gasteiger partial charge in [0.25, 0.3) is 5.91 Å². The summed E-state index contributed by atoms with van der Waals surface area (Å²) < 4.78 is 12.0. The third-order valence-corrected chi connectivity index (χ3v) is 5.19. The molecule has 156 valence electrons. The van der Waals surface area contributed by atoms with Crippen molar-refractivity contribution in [1.29, 1.82) is 5.26 Å². The van der Waals surface area contributed by atoms with E-state index in [0.29, 0.717) is 38.9 Å². The molecular weight excluding hydrogens is 480 g/mol. The van der Waals surface area contributed by atoms with Crippen LogP contribution in [0.25, 0.3) is 6.08 Å². The SMILES string of the molecule is COc1cc(C=C(C#N)C(=O)Nc2cccc(Cl)c2)c(Br)cc1OCc1ccccc1. The minimum atomic E-state index is -0.542. The normalized spacial score (nSPS) is 10.8. The van der Waals surface area contributed by atoms with E-state index in [-0.39, 0.29) is 5.57 Å². The summed E-state index contributed by atoms with van der Waals surface area (Å²) >= 11 is 9.42. The molecule has 0 heterocycles. The summed E-state index contributed by atoms with van der Waals surface area (Å²) in [5.74, 6) is 0.482. The van der Waals surface area contributed by atoms with Crippen molar-refractivity contribution in [2.45, 2.75) is 6.61 Å². The fraction of sp³-hybridized carbons (Fsp3) is 0.0833. The number of methoxy groups -OCH3 is 1. The standard InChI is InChI=1S/C24H18BrClN2O3/c1-30-22-11-17(21(25)13-23(22)31-15-16-6-3-2-4-7-16)10-18(14-27)24(29)28-20-9-5-8-19(26)12-20/h2-13H,15H2,1H3,(H,28,29). The van der Waals surface area contributed by atoms with Gasteiger partial charge >= 0.3 is 0 Å². The molecule has 5 nitrogen and oxygen atoms in total. The van der Waals surface area contributed by atoms with Crippen molar-refractivity contribution in [3.05, 3.63) is 92.9 Å². The Morgan fingerprint density at radius 3 is 2.58 bits per heavy atom. The van der Waals surface area contributed by atoms with Crippen LogP contribution in [0.1, 0.15) is 11.1 Å². The lowest BCUT2D eigenvalue weighted by Crippen LogP contribution is -2.13. The molecule has 0 saturated carbocycles. The van der Waals surface area contributed by atoms with Crippen molar-refractivity contribution in [2.24, 2.45) is 0 Å². The Morgan fingerprint density at radius 1 is 1.13 bits per heavy atom. The molecule has 0 unspecified atom stereocenters. The second-order valence-electron chi connectivity index (χ2n) is 6.43. The van der Waals surface area contributed by atoms with Gasteiger partial charge in [-0.2, -0.15) is 5.26 Å². The molecule has 0 fully saturated rings. The van der Waals surface area contributed by atoms with Gasteiger partial charge < -0.3 is 14.8 Å². The third kappa shape index (κ3) is 6.11. The number of nitriles is 1. The number of hydrogen-bond acceptors (Lipinski definition) is 4. The molecule has 0 bridgehead atoms. The summed E-state index contributed by atoms with van der Waals surface area (Å²) in [5, 5.41) is 12.6. The number of rotatable bonds is 7. The Labute approximate surface area is 194 Å². The van der Waals surface area contributed by atoms with E-state index in [0.717, 1.165) is 5.56 Å². The molecule has 0 aliphatic carbocycles. The zero-order valence-corrected chi connectivity index (χ0v) is 18.9. The molecule has 31 heavy (non-hydrogen) atoms. The third-order valence-electron chi connectivity index (χ3n) is 4.27. The molecule has 1 N–H and O–H groups in total. The highest BCUT2D eigenvalue weighted by Crippen LogP contribution is 2.35. The Hall–Kier alpha value is -3.27. The lowest BCUT2D eigenvalue weighted by atomic mass is 10.1. The van der Waals surface area contributed by atoms with Gasteiger partial charge in [0, 0.05) is 15.2 Å². The molecule has 0 aromatic heterocycles. The van der Waals surface area contributed by atoms with Crippen LogP contribution in [0.4, 0.5) is 5.69 Å². The van der Waals surface area contributed by atoms with E-state index in [1.165, 1.54) is 13.2 Å². The summed E-state index contributed by atoms with van der Waals surface area (Å²) in [7, 11) is 1.53. The van der Waals surface area contributed by atoms with Crippen molar-refractivity contribution in [2.75, 3.05) is 12.4 Å². The van der Waals surface area contributed by atoms with E-state index in [2.05, 4.69) is 21.2 Å². The van der Waals surface area contributed by atoms with Gasteiger partial charge in [0.2, 0.25) is 0 Å². The molecule has 0 aliphatic heterocycles. The zero-order valence-electron chi connectivity index (χ0n) is 16.6. The van der Waals surface area contributed by atoms with Crippen molar-refractivity contribution in [1.82, 2.24) is 0 Å². The average Bonchev–Trinajstić information content (AvgIpc) is 2.77. The molecule has 3 aromatic rings. The van der Waals surface area contributed by atoms with Crippen molar-refractivity contribution in [3.8, 4) is 17.6 Å². The molecule has 3 rings (SSSR count). The van der Waals surface area contributed by atoms with Crippen molar-refractivity contribution >= 4 is 45.2 Å². The lowest BCUT2D eigenvalue weighted by molar-refractivity contribution is -0.112. The number of ether oxygens (including phenoxy) is 2. The molecule has 7 heteroatoms. The van der Waals surface area contributed by atoms with Crippen LogP contribution in [0.15, 0.2) is 76.8 Å². The minimum absolute atomic E-state index is 0.0688. The van der Waals surface area contributed by atoms with E-state index in [9.17, 15) is 10.1 Å². The van der Waals surface area contributed by atoms with Crippen molar-refractivity contribution < 1.29 is 14.3 Å². The number of anilines is 1. The first-order chi connectivity index (χ1) is 15.0. The molecule has 0 saturated heterocycles. The van der Waals surface area contributed by atoms with Crippen LogP contribution in [0.2, 0.25) is 5.02 Å². The maximum absolute atomic E-state index is 12.5.